The Bertz CT molecular complexity index is 737. The highest BCUT2D eigenvalue weighted by Crippen LogP contribution is 2.28. The number of nitrogens with one attached hydrogen (secondary N) is 1. The van der Waals surface area contributed by atoms with E-state index in [0.717, 1.165) is 10.00 Å². The van der Waals surface area contributed by atoms with E-state index >= 15 is 0 Å². The number of nitrogens with two attached hydrogens (primary N) is 1. The first-order valence-corrected chi connectivity index (χ1v) is 7.80. The van der Waals surface area contributed by atoms with Gasteiger partial charge in [-0.15, -0.1) is 0 Å². The highest BCUT2D eigenvalue weighted by molar-refractivity contribution is 7.89. The van der Waals surface area contributed by atoms with E-state index in [4.69, 9.17) is 5.73 Å². The topological polar surface area (TPSA) is 93.2 Å². The predicted octanol–water partition coefficient (Wildman–Crippen LogP) is 0.865. The van der Waals surface area contributed by atoms with E-state index in [1.807, 2.05) is 19.3 Å². The lowest BCUT2D eigenvalue weighted by atomic mass is 10.2. The molecule has 0 saturated heterocycles. The molecule has 3 N–H and O–H groups in total. The van der Waals surface area contributed by atoms with E-state index in [-0.39, 0.29) is 10.6 Å². The lowest BCUT2D eigenvalue weighted by Crippen LogP contribution is -2.23. The Kier molecular flexibility index (Phi) is 4.19. The number of benzene rings is 1. The van der Waals surface area contributed by atoms with Gasteiger partial charge in [-0.05, 0) is 18.2 Å². The summed E-state index contributed by atoms with van der Waals surface area (Å²) in [6, 6.07) is 6.78. The first-order valence-electron chi connectivity index (χ1n) is 6.36. The first kappa shape index (κ1) is 15.3. The van der Waals surface area contributed by atoms with Gasteiger partial charge in [0.2, 0.25) is 10.0 Å². The molecule has 0 amide bonds. The highest BCUT2D eigenvalue weighted by Gasteiger charge is 2.21. The minimum Gasteiger partial charge on any atom is -0.396 e. The summed E-state index contributed by atoms with van der Waals surface area (Å²) < 4.78 is 27.2. The van der Waals surface area contributed by atoms with Crippen molar-refractivity contribution in [1.82, 2.24) is 14.1 Å². The van der Waals surface area contributed by atoms with E-state index in [2.05, 4.69) is 10.4 Å². The average Bonchev–Trinajstić information content (AvgIpc) is 2.83. The molecule has 0 aliphatic heterocycles. The second kappa shape index (κ2) is 5.74. The second-order valence-electron chi connectivity index (χ2n) is 4.84. The Morgan fingerprint density at radius 3 is 2.62 bits per heavy atom. The number of anilines is 2. The third-order valence-electron chi connectivity index (χ3n) is 3.05. The molecular formula is C13H19N5O2S. The molecule has 8 heteroatoms. The standard InChI is InChI=1S/C13H19N5O2S/c1-17(2)21(19,20)12-6-4-5-11(13(12)14)15-9-10-7-8-18(3)16-10/h4-8,15H,9,14H2,1-3H3. The summed E-state index contributed by atoms with van der Waals surface area (Å²) in [7, 11) is 1.23. The number of hydrogen-bond acceptors (Lipinski definition) is 5. The van der Waals surface area contributed by atoms with Crippen LogP contribution in [0.25, 0.3) is 0 Å². The SMILES string of the molecule is CN(C)S(=O)(=O)c1cccc(NCc2ccn(C)n2)c1N. The van der Waals surface area contributed by atoms with Crippen LogP contribution in [0, 0.1) is 0 Å². The van der Waals surface area contributed by atoms with Gasteiger partial charge < -0.3 is 11.1 Å². The van der Waals surface area contributed by atoms with Gasteiger partial charge in [-0.3, -0.25) is 4.68 Å². The van der Waals surface area contributed by atoms with Crippen LogP contribution in [0.3, 0.4) is 0 Å². The van der Waals surface area contributed by atoms with E-state index in [1.165, 1.54) is 20.2 Å². The molecule has 0 radical (unpaired) electrons. The van der Waals surface area contributed by atoms with Gasteiger partial charge in [0.05, 0.1) is 23.6 Å². The number of nitrogen functional groups attached to an aromatic ring is 1. The van der Waals surface area contributed by atoms with Crippen LogP contribution < -0.4 is 11.1 Å². The molecule has 2 aromatic rings. The average molecular weight is 309 g/mol. The Balaban J connectivity index is 2.26. The molecule has 1 aromatic carbocycles. The van der Waals surface area contributed by atoms with E-state index in [9.17, 15) is 8.42 Å². The van der Waals surface area contributed by atoms with E-state index in [1.54, 1.807) is 16.8 Å². The van der Waals surface area contributed by atoms with Crippen LogP contribution in [-0.2, 0) is 23.6 Å². The molecule has 2 rings (SSSR count). The quantitative estimate of drug-likeness (QED) is 0.799. The van der Waals surface area contributed by atoms with Crippen LogP contribution in [0.2, 0.25) is 0 Å². The van der Waals surface area contributed by atoms with Gasteiger partial charge >= 0.3 is 0 Å². The van der Waals surface area contributed by atoms with Crippen molar-refractivity contribution in [2.24, 2.45) is 7.05 Å². The molecule has 7 nitrogen and oxygen atoms in total. The Morgan fingerprint density at radius 2 is 2.05 bits per heavy atom. The molecule has 1 heterocycles. The molecule has 0 fully saturated rings. The fraction of sp³-hybridized carbons (Fsp3) is 0.308. The van der Waals surface area contributed by atoms with Crippen LogP contribution in [-0.4, -0.2) is 36.6 Å². The van der Waals surface area contributed by atoms with Gasteiger partial charge in [-0.25, -0.2) is 12.7 Å². The fourth-order valence-corrected chi connectivity index (χ4v) is 2.89. The van der Waals surface area contributed by atoms with Gasteiger partial charge in [0.15, 0.2) is 0 Å². The van der Waals surface area contributed by atoms with Crippen LogP contribution in [0.1, 0.15) is 5.69 Å². The summed E-state index contributed by atoms with van der Waals surface area (Å²) in [5.41, 5.74) is 7.61. The number of hydrogen-bond donors (Lipinski definition) is 2. The zero-order valence-electron chi connectivity index (χ0n) is 12.2. The molecule has 114 valence electrons. The van der Waals surface area contributed by atoms with Gasteiger partial charge in [-0.1, -0.05) is 6.07 Å². The number of sulfonamides is 1. The maximum absolute atomic E-state index is 12.2. The molecule has 1 aromatic heterocycles. The Morgan fingerprint density at radius 1 is 1.33 bits per heavy atom. The summed E-state index contributed by atoms with van der Waals surface area (Å²) >= 11 is 0. The summed E-state index contributed by atoms with van der Waals surface area (Å²) in [4.78, 5) is 0.0959. The zero-order valence-corrected chi connectivity index (χ0v) is 13.1. The Labute approximate surface area is 124 Å². The number of nitrogens with zero attached hydrogens (tertiary/aromatic N) is 3. The molecular weight excluding hydrogens is 290 g/mol. The molecule has 0 spiro atoms. The number of aromatic nitrogens is 2. The molecule has 21 heavy (non-hydrogen) atoms. The molecule has 0 atom stereocenters. The van der Waals surface area contributed by atoms with Gasteiger partial charge in [-0.2, -0.15) is 5.10 Å². The molecule has 0 aliphatic rings. The maximum Gasteiger partial charge on any atom is 0.244 e. The van der Waals surface area contributed by atoms with Gasteiger partial charge in [0, 0.05) is 27.3 Å². The summed E-state index contributed by atoms with van der Waals surface area (Å²) in [5, 5.41) is 7.35. The smallest absolute Gasteiger partial charge is 0.244 e. The summed E-state index contributed by atoms with van der Waals surface area (Å²) in [6.07, 6.45) is 1.84. The van der Waals surface area contributed by atoms with Crippen molar-refractivity contribution < 1.29 is 8.42 Å². The molecule has 0 bridgehead atoms. The first-order chi connectivity index (χ1) is 9.82. The summed E-state index contributed by atoms with van der Waals surface area (Å²) in [5.74, 6) is 0. The predicted molar refractivity (Wildman–Crippen MR) is 82.3 cm³/mol. The third-order valence-corrected chi connectivity index (χ3v) is 4.93. The Hall–Kier alpha value is -2.06. The molecule has 0 unspecified atom stereocenters. The zero-order chi connectivity index (χ0) is 15.6. The van der Waals surface area contributed by atoms with Crippen LogP contribution in [0.5, 0.6) is 0 Å². The minimum atomic E-state index is -3.56. The van der Waals surface area contributed by atoms with E-state index < -0.39 is 10.0 Å². The van der Waals surface area contributed by atoms with E-state index in [0.29, 0.717) is 12.2 Å². The normalized spacial score (nSPS) is 11.8. The lowest BCUT2D eigenvalue weighted by molar-refractivity contribution is 0.521. The number of aryl methyl sites for hydroxylation is 1. The van der Waals surface area contributed by atoms with Crippen molar-refractivity contribution in [3.63, 3.8) is 0 Å². The fourth-order valence-electron chi connectivity index (χ4n) is 1.86. The number of rotatable bonds is 5. The molecule has 0 aliphatic carbocycles. The minimum absolute atomic E-state index is 0.0959. The number of para-hydroxylation sites is 1. The van der Waals surface area contributed by atoms with Crippen molar-refractivity contribution in [2.45, 2.75) is 11.4 Å². The third kappa shape index (κ3) is 3.17. The van der Waals surface area contributed by atoms with Crippen molar-refractivity contribution in [3.8, 4) is 0 Å². The highest BCUT2D eigenvalue weighted by atomic mass is 32.2. The van der Waals surface area contributed by atoms with Crippen LogP contribution in [0.15, 0.2) is 35.4 Å². The van der Waals surface area contributed by atoms with Gasteiger partial charge in [0.25, 0.3) is 0 Å². The van der Waals surface area contributed by atoms with Crippen LogP contribution in [0.4, 0.5) is 11.4 Å². The van der Waals surface area contributed by atoms with Crippen molar-refractivity contribution in [1.29, 1.82) is 0 Å². The largest absolute Gasteiger partial charge is 0.396 e. The van der Waals surface area contributed by atoms with Gasteiger partial charge in [0.1, 0.15) is 4.90 Å². The lowest BCUT2D eigenvalue weighted by Gasteiger charge is -2.16. The van der Waals surface area contributed by atoms with Crippen molar-refractivity contribution in [2.75, 3.05) is 25.1 Å². The van der Waals surface area contributed by atoms with Crippen LogP contribution >= 0.6 is 0 Å². The molecule has 0 saturated carbocycles. The maximum atomic E-state index is 12.2. The van der Waals surface area contributed by atoms with Crippen molar-refractivity contribution >= 4 is 21.4 Å². The monoisotopic (exact) mass is 309 g/mol. The summed E-state index contributed by atoms with van der Waals surface area (Å²) in [6.45, 7) is 0.469. The second-order valence-corrected chi connectivity index (χ2v) is 6.96. The van der Waals surface area contributed by atoms with Crippen molar-refractivity contribution in [3.05, 3.63) is 36.2 Å².